The Hall–Kier alpha value is -0.950. The molecule has 0 saturated carbocycles. The number of methoxy groups -OCH3 is 1. The van der Waals surface area contributed by atoms with Crippen LogP contribution in [0, 0.1) is 0 Å². The van der Waals surface area contributed by atoms with Gasteiger partial charge in [-0.3, -0.25) is 4.21 Å². The first-order chi connectivity index (χ1) is 7.52. The second kappa shape index (κ2) is 5.95. The number of carbonyl (C=O) groups is 1. The molecule has 0 saturated heterocycles. The number of thiazole rings is 1. The molecule has 0 amide bonds. The van der Waals surface area contributed by atoms with E-state index in [1.807, 2.05) is 6.92 Å². The number of ether oxygens (including phenoxy) is 1. The molecule has 90 valence electrons. The van der Waals surface area contributed by atoms with Gasteiger partial charge in [-0.25, -0.2) is 9.78 Å². The molecule has 1 heterocycles. The van der Waals surface area contributed by atoms with Crippen LogP contribution in [0.15, 0.2) is 5.38 Å². The minimum atomic E-state index is -0.850. The lowest BCUT2D eigenvalue weighted by Gasteiger charge is -2.10. The molecule has 0 spiro atoms. The maximum Gasteiger partial charge on any atom is 0.357 e. The van der Waals surface area contributed by atoms with Crippen molar-refractivity contribution in [3.63, 3.8) is 0 Å². The van der Waals surface area contributed by atoms with E-state index in [0.717, 1.165) is 0 Å². The van der Waals surface area contributed by atoms with Crippen LogP contribution in [-0.4, -0.2) is 40.3 Å². The number of hydrogen-bond acceptors (Lipinski definition) is 6. The highest BCUT2D eigenvalue weighted by Crippen LogP contribution is 2.16. The quantitative estimate of drug-likeness (QED) is 0.805. The molecule has 1 aromatic heterocycles. The SMILES string of the molecule is COC(=O)c1csc(NC(C)CS(C)=O)n1. The van der Waals surface area contributed by atoms with Crippen LogP contribution in [0.5, 0.6) is 0 Å². The van der Waals surface area contributed by atoms with Crippen molar-refractivity contribution in [3.8, 4) is 0 Å². The number of esters is 1. The zero-order chi connectivity index (χ0) is 12.1. The molecule has 7 heteroatoms. The molecule has 2 atom stereocenters. The Morgan fingerprint density at radius 2 is 2.44 bits per heavy atom. The maximum atomic E-state index is 11.1. The lowest BCUT2D eigenvalue weighted by Crippen LogP contribution is -2.22. The molecule has 5 nitrogen and oxygen atoms in total. The number of nitrogens with one attached hydrogen (secondary N) is 1. The number of rotatable bonds is 5. The summed E-state index contributed by atoms with van der Waals surface area (Å²) in [6, 6.07) is 0.0579. The summed E-state index contributed by atoms with van der Waals surface area (Å²) in [4.78, 5) is 15.2. The fraction of sp³-hybridized carbons (Fsp3) is 0.556. The van der Waals surface area contributed by atoms with Crippen molar-refractivity contribution in [3.05, 3.63) is 11.1 Å². The van der Waals surface area contributed by atoms with Crippen LogP contribution >= 0.6 is 11.3 Å². The minimum absolute atomic E-state index is 0.0579. The van der Waals surface area contributed by atoms with Gasteiger partial charge in [0.1, 0.15) is 0 Å². The van der Waals surface area contributed by atoms with Crippen LogP contribution in [0.1, 0.15) is 17.4 Å². The summed E-state index contributed by atoms with van der Waals surface area (Å²) in [5.41, 5.74) is 0.292. The van der Waals surface area contributed by atoms with E-state index in [4.69, 9.17) is 0 Å². The molecule has 0 bridgehead atoms. The molecule has 0 fully saturated rings. The summed E-state index contributed by atoms with van der Waals surface area (Å²) >= 11 is 1.33. The van der Waals surface area contributed by atoms with Gasteiger partial charge in [0.2, 0.25) is 0 Å². The Labute approximate surface area is 101 Å². The summed E-state index contributed by atoms with van der Waals surface area (Å²) in [6.45, 7) is 1.92. The van der Waals surface area contributed by atoms with Gasteiger partial charge in [0, 0.05) is 34.2 Å². The van der Waals surface area contributed by atoms with Crippen molar-refractivity contribution in [2.45, 2.75) is 13.0 Å². The predicted octanol–water partition coefficient (Wildman–Crippen LogP) is 1.11. The lowest BCUT2D eigenvalue weighted by atomic mass is 10.4. The van der Waals surface area contributed by atoms with Crippen molar-refractivity contribution in [2.75, 3.05) is 24.4 Å². The van der Waals surface area contributed by atoms with Gasteiger partial charge in [-0.2, -0.15) is 0 Å². The molecule has 16 heavy (non-hydrogen) atoms. The van der Waals surface area contributed by atoms with Gasteiger partial charge >= 0.3 is 5.97 Å². The van der Waals surface area contributed by atoms with Crippen LogP contribution in [-0.2, 0) is 15.5 Å². The molecule has 2 unspecified atom stereocenters. The molecule has 0 aromatic carbocycles. The molecule has 1 aromatic rings. The van der Waals surface area contributed by atoms with Crippen LogP contribution in [0.4, 0.5) is 5.13 Å². The van der Waals surface area contributed by atoms with Crippen LogP contribution in [0.3, 0.4) is 0 Å². The number of aromatic nitrogens is 1. The first-order valence-corrected chi connectivity index (χ1v) is 7.24. The van der Waals surface area contributed by atoms with Crippen LogP contribution < -0.4 is 5.32 Å². The molecule has 0 aliphatic heterocycles. The molecule has 0 aliphatic rings. The van der Waals surface area contributed by atoms with E-state index in [1.54, 1.807) is 11.6 Å². The van der Waals surface area contributed by atoms with E-state index < -0.39 is 16.8 Å². The van der Waals surface area contributed by atoms with Crippen molar-refractivity contribution < 1.29 is 13.7 Å². The Bertz CT molecular complexity index is 392. The largest absolute Gasteiger partial charge is 0.464 e. The van der Waals surface area contributed by atoms with Crippen molar-refractivity contribution in [1.82, 2.24) is 4.98 Å². The Morgan fingerprint density at radius 3 is 3.00 bits per heavy atom. The smallest absolute Gasteiger partial charge is 0.357 e. The minimum Gasteiger partial charge on any atom is -0.464 e. The van der Waals surface area contributed by atoms with Gasteiger partial charge in [-0.1, -0.05) is 0 Å². The Balaban J connectivity index is 2.58. The molecule has 0 radical (unpaired) electrons. The third kappa shape index (κ3) is 3.90. The first-order valence-electron chi connectivity index (χ1n) is 4.63. The first kappa shape index (κ1) is 13.1. The van der Waals surface area contributed by atoms with Gasteiger partial charge in [-0.15, -0.1) is 11.3 Å². The van der Waals surface area contributed by atoms with Gasteiger partial charge in [0.15, 0.2) is 10.8 Å². The topological polar surface area (TPSA) is 68.3 Å². The van der Waals surface area contributed by atoms with E-state index in [2.05, 4.69) is 15.0 Å². The molecule has 0 aliphatic carbocycles. The summed E-state index contributed by atoms with van der Waals surface area (Å²) < 4.78 is 15.5. The van der Waals surface area contributed by atoms with E-state index in [0.29, 0.717) is 16.6 Å². The number of nitrogens with zero attached hydrogens (tertiary/aromatic N) is 1. The number of hydrogen-bond donors (Lipinski definition) is 1. The Morgan fingerprint density at radius 1 is 1.75 bits per heavy atom. The summed E-state index contributed by atoms with van der Waals surface area (Å²) in [5, 5.41) is 5.35. The summed E-state index contributed by atoms with van der Waals surface area (Å²) in [6.07, 6.45) is 1.65. The van der Waals surface area contributed by atoms with Gasteiger partial charge in [0.05, 0.1) is 7.11 Å². The van der Waals surface area contributed by atoms with Gasteiger partial charge in [-0.05, 0) is 6.92 Å². The van der Waals surface area contributed by atoms with Crippen molar-refractivity contribution in [2.24, 2.45) is 0 Å². The third-order valence-corrected chi connectivity index (χ3v) is 3.50. The van der Waals surface area contributed by atoms with Crippen LogP contribution in [0.2, 0.25) is 0 Å². The Kier molecular flexibility index (Phi) is 4.88. The second-order valence-electron chi connectivity index (χ2n) is 3.31. The van der Waals surface area contributed by atoms with E-state index in [1.165, 1.54) is 18.4 Å². The monoisotopic (exact) mass is 262 g/mol. The highest BCUT2D eigenvalue weighted by atomic mass is 32.2. The standard InChI is InChI=1S/C9H14N2O3S2/c1-6(5-16(3)13)10-9-11-7(4-15-9)8(12)14-2/h4,6H,5H2,1-3H3,(H,10,11). The predicted molar refractivity (Wildman–Crippen MR) is 65.5 cm³/mol. The van der Waals surface area contributed by atoms with E-state index in [-0.39, 0.29) is 6.04 Å². The lowest BCUT2D eigenvalue weighted by molar-refractivity contribution is 0.0595. The zero-order valence-corrected chi connectivity index (χ0v) is 11.0. The maximum absolute atomic E-state index is 11.1. The fourth-order valence-corrected chi connectivity index (χ4v) is 2.72. The number of anilines is 1. The molecular weight excluding hydrogens is 248 g/mol. The molecular formula is C9H14N2O3S2. The summed E-state index contributed by atoms with van der Waals surface area (Å²) in [5.74, 6) is 0.101. The average molecular weight is 262 g/mol. The van der Waals surface area contributed by atoms with Crippen LogP contribution in [0.25, 0.3) is 0 Å². The summed E-state index contributed by atoms with van der Waals surface area (Å²) in [7, 11) is 0.467. The van der Waals surface area contributed by atoms with Crippen molar-refractivity contribution in [1.29, 1.82) is 0 Å². The molecule has 1 N–H and O–H groups in total. The van der Waals surface area contributed by atoms with Gasteiger partial charge in [0.25, 0.3) is 0 Å². The van der Waals surface area contributed by atoms with Crippen molar-refractivity contribution >= 4 is 33.2 Å². The van der Waals surface area contributed by atoms with Gasteiger partial charge < -0.3 is 10.1 Å². The zero-order valence-electron chi connectivity index (χ0n) is 9.35. The fourth-order valence-electron chi connectivity index (χ4n) is 1.14. The second-order valence-corrected chi connectivity index (χ2v) is 5.65. The highest BCUT2D eigenvalue weighted by Gasteiger charge is 2.12. The highest BCUT2D eigenvalue weighted by molar-refractivity contribution is 7.84. The molecule has 1 rings (SSSR count). The van der Waals surface area contributed by atoms with E-state index in [9.17, 15) is 9.00 Å². The van der Waals surface area contributed by atoms with E-state index >= 15 is 0 Å². The average Bonchev–Trinajstić information content (AvgIpc) is 2.63. The number of carbonyl (C=O) groups excluding carboxylic acids is 1. The normalized spacial score (nSPS) is 14.2. The third-order valence-electron chi connectivity index (χ3n) is 1.75.